The topological polar surface area (TPSA) is 407 Å². The van der Waals surface area contributed by atoms with Gasteiger partial charge in [-0.15, -0.1) is 10.2 Å². The highest BCUT2D eigenvalue weighted by atomic mass is 35.5. The number of alkyl halides is 6. The van der Waals surface area contributed by atoms with Gasteiger partial charge in [0.15, 0.2) is 97.4 Å². The number of aromatic nitrogens is 23. The molecule has 3 saturated heterocycles. The lowest BCUT2D eigenvalue weighted by Crippen LogP contribution is -2.51. The van der Waals surface area contributed by atoms with Crippen LogP contribution in [0.2, 0.25) is 5.02 Å². The van der Waals surface area contributed by atoms with E-state index >= 15 is 0 Å². The highest BCUT2D eigenvalue weighted by molar-refractivity contribution is 6.30. The molecule has 42 heteroatoms. The number of anilines is 4. The van der Waals surface area contributed by atoms with Gasteiger partial charge in [-0.2, -0.15) is 23.7 Å². The molecule has 13 aromatic heterocycles. The lowest BCUT2D eigenvalue weighted by molar-refractivity contribution is -0.624. The number of para-hydroxylation sites is 3. The number of benzene rings is 4. The molecule has 0 saturated carbocycles. The van der Waals surface area contributed by atoms with Gasteiger partial charge in [0.1, 0.15) is 38.0 Å². The Hall–Kier alpha value is -14.3. The van der Waals surface area contributed by atoms with Crippen LogP contribution in [-0.2, 0) is 31.6 Å². The monoisotopic (exact) mass is 1810 g/mol. The maximum atomic E-state index is 14.7. The molecule has 0 spiro atoms. The molecule has 6 N–H and O–H groups in total. The lowest BCUT2D eigenvalue weighted by atomic mass is 9.99. The third kappa shape index (κ3) is 22.2. The van der Waals surface area contributed by atoms with E-state index in [0.29, 0.717) is 125 Å². The second kappa shape index (κ2) is 41.4. The van der Waals surface area contributed by atoms with Crippen molar-refractivity contribution in [3.63, 3.8) is 0 Å². The number of tetrazole rings is 2. The van der Waals surface area contributed by atoms with Crippen molar-refractivity contribution in [2.45, 2.75) is 140 Å². The average Bonchev–Trinajstić information content (AvgIpc) is 1.54. The van der Waals surface area contributed by atoms with Gasteiger partial charge >= 0.3 is 5.92 Å². The highest BCUT2D eigenvalue weighted by Crippen LogP contribution is 2.35. The molecule has 20 rings (SSSR count). The summed E-state index contributed by atoms with van der Waals surface area (Å²) < 4.78 is 115. The van der Waals surface area contributed by atoms with Crippen molar-refractivity contribution in [2.24, 2.45) is 0 Å². The number of rotatable bonds is 30. The Morgan fingerprint density at radius 3 is 1.52 bits per heavy atom. The van der Waals surface area contributed by atoms with Crippen molar-refractivity contribution in [3.05, 3.63) is 264 Å². The van der Waals surface area contributed by atoms with Crippen LogP contribution >= 0.6 is 11.6 Å². The molecule has 3 aliphatic rings. The number of nitrogens with zero attached hydrogens (tertiary/aromatic N) is 24. The molecule has 0 amide bonds. The zero-order valence-corrected chi connectivity index (χ0v) is 71.7. The Labute approximate surface area is 749 Å². The molecule has 0 bridgehead atoms. The zero-order chi connectivity index (χ0) is 90.1. The molecule has 3 unspecified atom stereocenters. The van der Waals surface area contributed by atoms with Crippen LogP contribution in [-0.4, -0.2) is 198 Å². The molecule has 3 aliphatic heterocycles. The van der Waals surface area contributed by atoms with Crippen molar-refractivity contribution in [3.8, 4) is 22.7 Å². The van der Waals surface area contributed by atoms with Crippen LogP contribution in [0.1, 0.15) is 128 Å². The molecule has 0 aliphatic carbocycles. The summed E-state index contributed by atoms with van der Waals surface area (Å²) in [6.07, 6.45) is 25.4. The van der Waals surface area contributed by atoms with E-state index < -0.39 is 43.1 Å². The van der Waals surface area contributed by atoms with E-state index in [9.17, 15) is 31.5 Å². The number of hydrogen-bond acceptors (Lipinski definition) is 30. The molecule has 0 radical (unpaired) electrons. The lowest BCUT2D eigenvalue weighted by Gasteiger charge is -2.35. The van der Waals surface area contributed by atoms with Crippen molar-refractivity contribution >= 4 is 79.3 Å². The van der Waals surface area contributed by atoms with Crippen molar-refractivity contribution < 1.29 is 48.7 Å². The first-order valence-electron chi connectivity index (χ1n) is 43.0. The summed E-state index contributed by atoms with van der Waals surface area (Å²) in [5.41, 5.74) is 11.4. The Morgan fingerprint density at radius 2 is 1.00 bits per heavy atom. The minimum Gasteiger partial charge on any atom is -0.618 e. The number of fused-ring (bicyclic) bond motifs is 4. The number of oxazole rings is 4. The number of aryl methyl sites for hydroxylation is 1. The maximum Gasteiger partial charge on any atom is 0.347 e. The minimum atomic E-state index is -3.43. The quantitative estimate of drug-likeness (QED) is 0.0138. The van der Waals surface area contributed by atoms with Gasteiger partial charge in [0.05, 0.1) is 74.1 Å². The summed E-state index contributed by atoms with van der Waals surface area (Å²) in [5.74, 6) is -2.51. The molecule has 676 valence electrons. The maximum absolute atomic E-state index is 14.7. The van der Waals surface area contributed by atoms with Crippen molar-refractivity contribution in [1.29, 1.82) is 0 Å². The number of piperidine rings is 3. The van der Waals surface area contributed by atoms with Crippen LogP contribution in [0.4, 0.5) is 49.6 Å². The normalized spacial score (nSPS) is 15.5. The Balaban J connectivity index is 0.000000122. The summed E-state index contributed by atoms with van der Waals surface area (Å²) in [5, 5.41) is 62.2. The van der Waals surface area contributed by atoms with Crippen LogP contribution < -0.4 is 36.6 Å². The Kier molecular flexibility index (Phi) is 28.0. The average molecular weight is 1810 g/mol. The third-order valence-corrected chi connectivity index (χ3v) is 22.8. The van der Waals surface area contributed by atoms with Gasteiger partial charge in [-0.3, -0.25) is 4.90 Å². The first kappa shape index (κ1) is 88.7. The largest absolute Gasteiger partial charge is 0.618 e. The minimum absolute atomic E-state index is 0.148. The molecule has 35 nitrogen and oxygen atoms in total. The first-order chi connectivity index (χ1) is 63.9. The molecule has 4 aromatic carbocycles. The predicted molar refractivity (Wildman–Crippen MR) is 473 cm³/mol. The van der Waals surface area contributed by atoms with E-state index in [1.54, 1.807) is 81.3 Å². The van der Waals surface area contributed by atoms with E-state index in [1.165, 1.54) is 56.6 Å². The summed E-state index contributed by atoms with van der Waals surface area (Å²) in [7, 11) is 0. The SMILES string of the molecule is Cc1cc2oc(Cc3ccccc3-n3cncn3)nc2c(NCC(F)(F)c2cccc[n+]2[O-])n1.FC(F)(CNc1nccc2oc(Cc3ccccc3-n3cnnn3)nc12)C1CCCCN1.FC(F)CN1CCCCC1CCNc1nccc2oc(Cc3cc(Cl)ccc3-n3cncn3)nc12.c1ccc(-n2cnnn2)c(Cc2nc3c(NCCC4CCCCN4)nccc3o2)c1. The fourth-order valence-corrected chi connectivity index (χ4v) is 16.5. The smallest absolute Gasteiger partial charge is 0.347 e. The number of nitrogens with one attached hydrogen (secondary N) is 6. The zero-order valence-electron chi connectivity index (χ0n) is 71.0. The summed E-state index contributed by atoms with van der Waals surface area (Å²) >= 11 is 6.25. The van der Waals surface area contributed by atoms with E-state index in [0.717, 1.165) is 139 Å². The molecular weight excluding hydrogens is 1720 g/mol. The van der Waals surface area contributed by atoms with Crippen LogP contribution in [0.3, 0.4) is 0 Å². The van der Waals surface area contributed by atoms with Gasteiger partial charge in [0.25, 0.3) is 18.0 Å². The number of halogens is 7. The second-order valence-corrected chi connectivity index (χ2v) is 32.1. The van der Waals surface area contributed by atoms with Gasteiger partial charge < -0.3 is 54.8 Å². The van der Waals surface area contributed by atoms with Gasteiger partial charge in [0.2, 0.25) is 0 Å². The molecule has 3 atom stereocenters. The fourth-order valence-electron chi connectivity index (χ4n) is 16.3. The van der Waals surface area contributed by atoms with E-state index in [4.69, 9.17) is 39.2 Å². The molecule has 16 heterocycles. The van der Waals surface area contributed by atoms with Crippen LogP contribution in [0, 0.1) is 12.1 Å². The van der Waals surface area contributed by atoms with E-state index in [-0.39, 0.29) is 29.0 Å². The molecule has 17 aromatic rings. The van der Waals surface area contributed by atoms with E-state index in [1.807, 2.05) is 95.9 Å². The Bertz CT molecular complexity index is 6570. The number of pyridine rings is 5. The van der Waals surface area contributed by atoms with Gasteiger partial charge in [-0.1, -0.05) is 85.5 Å². The van der Waals surface area contributed by atoms with Gasteiger partial charge in [-0.25, -0.2) is 86.1 Å². The summed E-state index contributed by atoms with van der Waals surface area (Å²) in [6, 6.07) is 39.5. The molecular formula is C89H91ClF6N30O5. The fraction of sp³-hybridized carbons (Fsp3) is 0.337. The van der Waals surface area contributed by atoms with E-state index in [2.05, 4.69) is 113 Å². The Morgan fingerprint density at radius 1 is 0.504 bits per heavy atom. The van der Waals surface area contributed by atoms with Crippen LogP contribution in [0.5, 0.6) is 0 Å². The first-order valence-corrected chi connectivity index (χ1v) is 43.4. The number of hydrogen-bond donors (Lipinski definition) is 6. The van der Waals surface area contributed by atoms with Gasteiger partial charge in [0, 0.05) is 90.9 Å². The van der Waals surface area contributed by atoms with Crippen molar-refractivity contribution in [1.82, 2.24) is 125 Å². The van der Waals surface area contributed by atoms with Crippen LogP contribution in [0.25, 0.3) is 67.1 Å². The standard InChI is InChI=1S/C24H26ClF2N7O.C23H19F2N7O2.C21H22F2N8O.C21H24N8O/c25-17-4-5-19(34-15-28-14-31-34)16(11-17)12-22-32-23-20(35-22)7-9-30-24(23)29-8-6-18-3-1-2-10-33(18)13-21(26)27;1-15-10-18-21(22(29-15)27-12-23(24,25)19-8-4-5-9-32(19)33)30-20(34-18)11-16-6-2-3-7-17(16)31-14-26-13-28-31;22-21(23,17-7-3-4-9-24-17)12-26-20-19-16(8-10-25-20)32-18(28-19)11-14-5-1-2-6-15(14)31-13-27-29-30-31;1-2-7-17(29-14-25-27-28-29)15(5-1)13-19-26-20-18(30-19)9-12-24-21(20)23-11-8-16-6-3-4-10-22-16/h4-5,7,9,11,14-15,18,21H,1-3,6,8,10,12-13H2,(H,29,30);2-10,13-14H,11-12H2,1H3,(H,27,29);1-2,5-6,8,10,13,17,24H,3-4,7,9,11-12H2,(H,25,26);1-2,5,7,9,12,14,16,22H,3-4,6,8,10-11,13H2,(H,23,24). The second-order valence-electron chi connectivity index (χ2n) is 31.7. The summed E-state index contributed by atoms with van der Waals surface area (Å²) in [4.78, 5) is 45.8. The third-order valence-electron chi connectivity index (χ3n) is 22.6. The molecule has 131 heavy (non-hydrogen) atoms. The highest BCUT2D eigenvalue weighted by Gasteiger charge is 2.41. The van der Waals surface area contributed by atoms with Crippen molar-refractivity contribution in [2.75, 3.05) is 73.6 Å². The number of likely N-dealkylation sites (tertiary alicyclic amines) is 1. The predicted octanol–water partition coefficient (Wildman–Crippen LogP) is 14.2. The summed E-state index contributed by atoms with van der Waals surface area (Å²) in [6.45, 7) is 4.15. The van der Waals surface area contributed by atoms with Crippen LogP contribution in [0.15, 0.2) is 214 Å². The molecule has 3 fully saturated rings. The van der Waals surface area contributed by atoms with Gasteiger partial charge in [-0.05, 0) is 163 Å².